The zero-order valence-electron chi connectivity index (χ0n) is 17.9. The van der Waals surface area contributed by atoms with Gasteiger partial charge in [0.15, 0.2) is 0 Å². The standard InChI is InChI=1S/C24H30N2O3/c1-6-22(27)25-17(2)16-21(19-14-10-11-15-20(19)25)26(18-12-8-7-9-13-18)23(28)29-24(3,4)5/h7-15,17,21H,6,16H2,1-5H3/t17-,21+/m0/s1. The summed E-state index contributed by atoms with van der Waals surface area (Å²) in [6.07, 6.45) is 0.695. The SMILES string of the molecule is CCC(=O)N1c2ccccc2[C@H](N(C(=O)OC(C)(C)C)c2ccccc2)C[C@@H]1C. The number of hydrogen-bond donors (Lipinski definition) is 0. The van der Waals surface area contributed by atoms with Gasteiger partial charge in [0.05, 0.1) is 6.04 Å². The second-order valence-electron chi connectivity index (χ2n) is 8.46. The van der Waals surface area contributed by atoms with Gasteiger partial charge in [-0.2, -0.15) is 0 Å². The van der Waals surface area contributed by atoms with Crippen molar-refractivity contribution in [1.82, 2.24) is 0 Å². The Morgan fingerprint density at radius 3 is 2.31 bits per heavy atom. The predicted octanol–water partition coefficient (Wildman–Crippen LogP) is 5.70. The largest absolute Gasteiger partial charge is 0.443 e. The van der Waals surface area contributed by atoms with Gasteiger partial charge in [0.25, 0.3) is 0 Å². The van der Waals surface area contributed by atoms with Crippen LogP contribution in [0.25, 0.3) is 0 Å². The van der Waals surface area contributed by atoms with Crippen molar-refractivity contribution in [3.05, 3.63) is 60.2 Å². The van der Waals surface area contributed by atoms with Gasteiger partial charge >= 0.3 is 6.09 Å². The number of amides is 2. The van der Waals surface area contributed by atoms with Gasteiger partial charge in [0.2, 0.25) is 5.91 Å². The number of para-hydroxylation sites is 2. The zero-order chi connectivity index (χ0) is 21.2. The van der Waals surface area contributed by atoms with Crippen LogP contribution in [0, 0.1) is 0 Å². The molecule has 5 nitrogen and oxygen atoms in total. The lowest BCUT2D eigenvalue weighted by atomic mass is 9.90. The van der Waals surface area contributed by atoms with Gasteiger partial charge in [-0.1, -0.05) is 43.3 Å². The van der Waals surface area contributed by atoms with Crippen molar-refractivity contribution in [2.24, 2.45) is 0 Å². The maximum absolute atomic E-state index is 13.3. The molecular weight excluding hydrogens is 364 g/mol. The van der Waals surface area contributed by atoms with E-state index in [4.69, 9.17) is 4.74 Å². The van der Waals surface area contributed by atoms with E-state index in [-0.39, 0.29) is 24.1 Å². The van der Waals surface area contributed by atoms with E-state index in [1.54, 1.807) is 4.90 Å². The van der Waals surface area contributed by atoms with E-state index in [0.717, 1.165) is 16.9 Å². The summed E-state index contributed by atoms with van der Waals surface area (Å²) < 4.78 is 5.76. The number of anilines is 2. The molecule has 0 aromatic heterocycles. The van der Waals surface area contributed by atoms with E-state index < -0.39 is 5.60 Å². The molecule has 29 heavy (non-hydrogen) atoms. The molecule has 0 saturated carbocycles. The number of nitrogens with zero attached hydrogens (tertiary/aromatic N) is 2. The van der Waals surface area contributed by atoms with Crippen molar-refractivity contribution in [1.29, 1.82) is 0 Å². The van der Waals surface area contributed by atoms with Crippen LogP contribution in [-0.2, 0) is 9.53 Å². The van der Waals surface area contributed by atoms with Gasteiger partial charge in [-0.25, -0.2) is 4.79 Å². The summed E-state index contributed by atoms with van der Waals surface area (Å²) in [5.74, 6) is 0.0897. The second-order valence-corrected chi connectivity index (χ2v) is 8.46. The Balaban J connectivity index is 2.10. The normalized spacial score (nSPS) is 18.7. The van der Waals surface area contributed by atoms with Crippen LogP contribution in [0.4, 0.5) is 16.2 Å². The highest BCUT2D eigenvalue weighted by Crippen LogP contribution is 2.42. The average Bonchev–Trinajstić information content (AvgIpc) is 2.67. The molecule has 0 spiro atoms. The first-order valence-electron chi connectivity index (χ1n) is 10.2. The van der Waals surface area contributed by atoms with Crippen LogP contribution in [0.5, 0.6) is 0 Å². The molecule has 1 aliphatic rings. The molecule has 1 heterocycles. The molecule has 2 atom stereocenters. The van der Waals surface area contributed by atoms with Crippen LogP contribution in [0.3, 0.4) is 0 Å². The fraction of sp³-hybridized carbons (Fsp3) is 0.417. The van der Waals surface area contributed by atoms with E-state index in [0.29, 0.717) is 12.8 Å². The van der Waals surface area contributed by atoms with Crippen LogP contribution in [0.1, 0.15) is 59.1 Å². The third-order valence-corrected chi connectivity index (χ3v) is 5.07. The fourth-order valence-electron chi connectivity index (χ4n) is 3.89. The van der Waals surface area contributed by atoms with E-state index in [1.807, 2.05) is 94.1 Å². The maximum atomic E-state index is 13.3. The third-order valence-electron chi connectivity index (χ3n) is 5.07. The highest BCUT2D eigenvalue weighted by atomic mass is 16.6. The molecule has 2 aromatic carbocycles. The van der Waals surface area contributed by atoms with Crippen molar-refractivity contribution < 1.29 is 14.3 Å². The molecule has 2 aromatic rings. The maximum Gasteiger partial charge on any atom is 0.415 e. The Labute approximate surface area is 173 Å². The molecule has 154 valence electrons. The van der Waals surface area contributed by atoms with Crippen LogP contribution in [0.2, 0.25) is 0 Å². The average molecular weight is 395 g/mol. The van der Waals surface area contributed by atoms with Crippen molar-refractivity contribution >= 4 is 23.4 Å². The van der Waals surface area contributed by atoms with Gasteiger partial charge < -0.3 is 9.64 Å². The number of carbonyl (C=O) groups is 2. The van der Waals surface area contributed by atoms with Gasteiger partial charge in [-0.15, -0.1) is 0 Å². The van der Waals surface area contributed by atoms with E-state index in [2.05, 4.69) is 0 Å². The Morgan fingerprint density at radius 2 is 1.69 bits per heavy atom. The van der Waals surface area contributed by atoms with Crippen LogP contribution in [0.15, 0.2) is 54.6 Å². The minimum absolute atomic E-state index is 0.0315. The zero-order valence-corrected chi connectivity index (χ0v) is 17.9. The summed E-state index contributed by atoms with van der Waals surface area (Å²) in [6, 6.07) is 17.2. The van der Waals surface area contributed by atoms with Crippen LogP contribution >= 0.6 is 0 Å². The molecule has 0 saturated heterocycles. The Hall–Kier alpha value is -2.82. The van der Waals surface area contributed by atoms with Crippen LogP contribution in [-0.4, -0.2) is 23.6 Å². The first-order chi connectivity index (χ1) is 13.7. The summed E-state index contributed by atoms with van der Waals surface area (Å²) in [7, 11) is 0. The summed E-state index contributed by atoms with van der Waals surface area (Å²) in [6.45, 7) is 9.52. The summed E-state index contributed by atoms with van der Waals surface area (Å²) in [5, 5.41) is 0. The summed E-state index contributed by atoms with van der Waals surface area (Å²) >= 11 is 0. The van der Waals surface area contributed by atoms with Crippen molar-refractivity contribution in [3.8, 4) is 0 Å². The van der Waals surface area contributed by atoms with Crippen molar-refractivity contribution in [2.75, 3.05) is 9.80 Å². The lowest BCUT2D eigenvalue weighted by Crippen LogP contribution is -2.48. The number of benzene rings is 2. The van der Waals surface area contributed by atoms with Gasteiger partial charge in [0, 0.05) is 23.8 Å². The van der Waals surface area contributed by atoms with Crippen molar-refractivity contribution in [3.63, 3.8) is 0 Å². The predicted molar refractivity (Wildman–Crippen MR) is 116 cm³/mol. The van der Waals surface area contributed by atoms with Crippen LogP contribution < -0.4 is 9.80 Å². The number of carbonyl (C=O) groups excluding carboxylic acids is 2. The quantitative estimate of drug-likeness (QED) is 0.670. The molecule has 1 aliphatic heterocycles. The smallest absolute Gasteiger partial charge is 0.415 e. The van der Waals surface area contributed by atoms with E-state index in [1.165, 1.54) is 0 Å². The lowest BCUT2D eigenvalue weighted by Gasteiger charge is -2.43. The number of hydrogen-bond acceptors (Lipinski definition) is 3. The molecule has 2 amide bonds. The highest BCUT2D eigenvalue weighted by Gasteiger charge is 2.39. The lowest BCUT2D eigenvalue weighted by molar-refractivity contribution is -0.118. The first-order valence-corrected chi connectivity index (χ1v) is 10.2. The monoisotopic (exact) mass is 394 g/mol. The highest BCUT2D eigenvalue weighted by molar-refractivity contribution is 5.96. The topological polar surface area (TPSA) is 49.9 Å². The first kappa shape index (κ1) is 20.9. The summed E-state index contributed by atoms with van der Waals surface area (Å²) in [5.41, 5.74) is 2.01. The summed E-state index contributed by atoms with van der Waals surface area (Å²) in [4.78, 5) is 29.5. The van der Waals surface area contributed by atoms with Crippen molar-refractivity contribution in [2.45, 2.75) is 65.1 Å². The second kappa shape index (κ2) is 8.27. The van der Waals surface area contributed by atoms with E-state index in [9.17, 15) is 9.59 Å². The fourth-order valence-corrected chi connectivity index (χ4v) is 3.89. The van der Waals surface area contributed by atoms with Gasteiger partial charge in [-0.3, -0.25) is 9.69 Å². The minimum atomic E-state index is -0.603. The number of fused-ring (bicyclic) bond motifs is 1. The van der Waals surface area contributed by atoms with Gasteiger partial charge in [0.1, 0.15) is 5.60 Å². The number of rotatable bonds is 3. The molecule has 0 N–H and O–H groups in total. The molecule has 0 bridgehead atoms. The Morgan fingerprint density at radius 1 is 1.07 bits per heavy atom. The Kier molecular flexibility index (Phi) is 5.96. The molecule has 3 rings (SSSR count). The van der Waals surface area contributed by atoms with Gasteiger partial charge in [-0.05, 0) is 57.9 Å². The molecule has 0 radical (unpaired) electrons. The Bertz CT molecular complexity index is 873. The minimum Gasteiger partial charge on any atom is -0.443 e. The molecule has 5 heteroatoms. The molecular formula is C24H30N2O3. The van der Waals surface area contributed by atoms with E-state index >= 15 is 0 Å². The number of ether oxygens (including phenoxy) is 1. The third kappa shape index (κ3) is 4.44. The molecule has 0 unspecified atom stereocenters. The molecule has 0 fully saturated rings. The molecule has 0 aliphatic carbocycles.